The van der Waals surface area contributed by atoms with Gasteiger partial charge >= 0.3 is 0 Å². The summed E-state index contributed by atoms with van der Waals surface area (Å²) in [5.41, 5.74) is 0. The molecule has 1 aliphatic carbocycles. The van der Waals surface area contributed by atoms with Gasteiger partial charge in [-0.1, -0.05) is 19.3 Å². The van der Waals surface area contributed by atoms with Gasteiger partial charge in [0.1, 0.15) is 0 Å². The molecule has 13 heavy (non-hydrogen) atoms. The minimum Gasteiger partial charge on any atom is -0.212 e. The fourth-order valence-corrected chi connectivity index (χ4v) is 3.19. The Labute approximate surface area is 87.0 Å². The number of halogens is 1. The van der Waals surface area contributed by atoms with E-state index in [9.17, 15) is 8.42 Å². The highest BCUT2D eigenvalue weighted by Gasteiger charge is 2.28. The van der Waals surface area contributed by atoms with Crippen LogP contribution in [0.4, 0.5) is 0 Å². The minimum absolute atomic E-state index is 0. The molecule has 0 N–H and O–H groups in total. The van der Waals surface area contributed by atoms with Crippen molar-refractivity contribution in [1.29, 1.82) is 0 Å². The van der Waals surface area contributed by atoms with Crippen LogP contribution in [-0.4, -0.2) is 32.1 Å². The lowest BCUT2D eigenvalue weighted by Crippen LogP contribution is -2.34. The SMILES string of the molecule is CN(C)S(=O)(=O)C1CCCCC1.Cl. The van der Waals surface area contributed by atoms with E-state index in [-0.39, 0.29) is 17.7 Å². The zero-order valence-corrected chi connectivity index (χ0v) is 9.83. The first-order chi connectivity index (χ1) is 5.55. The van der Waals surface area contributed by atoms with Crippen LogP contribution >= 0.6 is 12.4 Å². The third-order valence-electron chi connectivity index (χ3n) is 2.48. The van der Waals surface area contributed by atoms with Gasteiger partial charge < -0.3 is 0 Å². The number of hydrogen-bond acceptors (Lipinski definition) is 2. The Bertz CT molecular complexity index is 233. The van der Waals surface area contributed by atoms with Crippen molar-refractivity contribution in [3.63, 3.8) is 0 Å². The van der Waals surface area contributed by atoms with E-state index in [4.69, 9.17) is 0 Å². The highest BCUT2D eigenvalue weighted by atomic mass is 35.5. The van der Waals surface area contributed by atoms with Crippen LogP contribution in [-0.2, 0) is 10.0 Å². The molecular weight excluding hydrogens is 210 g/mol. The number of hydrogen-bond donors (Lipinski definition) is 0. The predicted octanol–water partition coefficient (Wildman–Crippen LogP) is 1.63. The summed E-state index contributed by atoms with van der Waals surface area (Å²) in [6.45, 7) is 0. The van der Waals surface area contributed by atoms with Crippen LogP contribution in [0, 0.1) is 0 Å². The van der Waals surface area contributed by atoms with Crippen molar-refractivity contribution in [2.24, 2.45) is 0 Å². The molecule has 0 radical (unpaired) electrons. The Morgan fingerprint density at radius 1 is 1.08 bits per heavy atom. The van der Waals surface area contributed by atoms with E-state index in [0.29, 0.717) is 0 Å². The Kier molecular flexibility index (Phi) is 5.25. The molecule has 0 bridgehead atoms. The summed E-state index contributed by atoms with van der Waals surface area (Å²) < 4.78 is 24.6. The van der Waals surface area contributed by atoms with Crippen LogP contribution in [0.5, 0.6) is 0 Å². The molecule has 1 saturated carbocycles. The van der Waals surface area contributed by atoms with Gasteiger partial charge in [0.15, 0.2) is 0 Å². The first kappa shape index (κ1) is 13.2. The van der Waals surface area contributed by atoms with Crippen molar-refractivity contribution in [3.8, 4) is 0 Å². The molecule has 0 amide bonds. The maximum atomic E-state index is 11.6. The standard InChI is InChI=1S/C8H17NO2S.ClH/c1-9(2)12(10,11)8-6-4-3-5-7-8;/h8H,3-7H2,1-2H3;1H. The Balaban J connectivity index is 0.00000144. The Morgan fingerprint density at radius 2 is 1.54 bits per heavy atom. The van der Waals surface area contributed by atoms with Crippen LogP contribution in [0.15, 0.2) is 0 Å². The second-order valence-corrected chi connectivity index (χ2v) is 6.01. The van der Waals surface area contributed by atoms with Crippen LogP contribution in [0.1, 0.15) is 32.1 Å². The van der Waals surface area contributed by atoms with E-state index in [1.54, 1.807) is 14.1 Å². The van der Waals surface area contributed by atoms with E-state index in [0.717, 1.165) is 25.7 Å². The quantitative estimate of drug-likeness (QED) is 0.719. The maximum Gasteiger partial charge on any atom is 0.216 e. The van der Waals surface area contributed by atoms with Crippen molar-refractivity contribution in [2.75, 3.05) is 14.1 Å². The molecule has 3 nitrogen and oxygen atoms in total. The Hall–Kier alpha value is 0.200. The van der Waals surface area contributed by atoms with Gasteiger partial charge in [-0.05, 0) is 12.8 Å². The molecule has 0 atom stereocenters. The van der Waals surface area contributed by atoms with Crippen LogP contribution in [0.25, 0.3) is 0 Å². The van der Waals surface area contributed by atoms with E-state index in [2.05, 4.69) is 0 Å². The molecule has 0 aliphatic heterocycles. The lowest BCUT2D eigenvalue weighted by Gasteiger charge is -2.24. The van der Waals surface area contributed by atoms with Gasteiger partial charge in [-0.2, -0.15) is 0 Å². The zero-order valence-electron chi connectivity index (χ0n) is 8.19. The molecule has 0 unspecified atom stereocenters. The molecule has 80 valence electrons. The normalized spacial score (nSPS) is 19.9. The average Bonchev–Trinajstić information content (AvgIpc) is 2.06. The zero-order chi connectivity index (χ0) is 9.19. The largest absolute Gasteiger partial charge is 0.216 e. The van der Waals surface area contributed by atoms with Crippen molar-refractivity contribution < 1.29 is 8.42 Å². The summed E-state index contributed by atoms with van der Waals surface area (Å²) in [5.74, 6) is 0. The predicted molar refractivity (Wildman–Crippen MR) is 56.7 cm³/mol. The monoisotopic (exact) mass is 227 g/mol. The highest BCUT2D eigenvalue weighted by Crippen LogP contribution is 2.24. The summed E-state index contributed by atoms with van der Waals surface area (Å²) in [6.07, 6.45) is 5.02. The molecule has 0 aromatic rings. The average molecular weight is 228 g/mol. The summed E-state index contributed by atoms with van der Waals surface area (Å²) in [4.78, 5) is 0. The summed E-state index contributed by atoms with van der Waals surface area (Å²) >= 11 is 0. The molecule has 0 saturated heterocycles. The lowest BCUT2D eigenvalue weighted by atomic mass is 10.0. The van der Waals surface area contributed by atoms with Crippen LogP contribution in [0.3, 0.4) is 0 Å². The van der Waals surface area contributed by atoms with Crippen LogP contribution < -0.4 is 0 Å². The second-order valence-electron chi connectivity index (χ2n) is 3.59. The van der Waals surface area contributed by atoms with Crippen molar-refractivity contribution in [1.82, 2.24) is 4.31 Å². The summed E-state index contributed by atoms with van der Waals surface area (Å²) in [7, 11) is 0.263. The van der Waals surface area contributed by atoms with E-state index < -0.39 is 10.0 Å². The van der Waals surface area contributed by atoms with Gasteiger partial charge in [-0.15, -0.1) is 12.4 Å². The maximum absolute atomic E-state index is 11.6. The smallest absolute Gasteiger partial charge is 0.212 e. The molecule has 5 heteroatoms. The van der Waals surface area contributed by atoms with Gasteiger partial charge in [0, 0.05) is 14.1 Å². The van der Waals surface area contributed by atoms with E-state index >= 15 is 0 Å². The van der Waals surface area contributed by atoms with E-state index in [1.807, 2.05) is 0 Å². The van der Waals surface area contributed by atoms with Crippen molar-refractivity contribution >= 4 is 22.4 Å². The molecule has 0 spiro atoms. The topological polar surface area (TPSA) is 37.4 Å². The minimum atomic E-state index is -2.97. The molecular formula is C8H18ClNO2S. The van der Waals surface area contributed by atoms with E-state index in [1.165, 1.54) is 10.7 Å². The molecule has 0 aromatic carbocycles. The third-order valence-corrected chi connectivity index (χ3v) is 4.81. The van der Waals surface area contributed by atoms with Gasteiger partial charge in [-0.25, -0.2) is 12.7 Å². The molecule has 1 fully saturated rings. The molecule has 1 rings (SSSR count). The Morgan fingerprint density at radius 3 is 1.92 bits per heavy atom. The first-order valence-electron chi connectivity index (χ1n) is 4.46. The second kappa shape index (κ2) is 5.17. The van der Waals surface area contributed by atoms with Gasteiger partial charge in [0.05, 0.1) is 5.25 Å². The summed E-state index contributed by atoms with van der Waals surface area (Å²) in [6, 6.07) is 0. The molecule has 0 aromatic heterocycles. The number of sulfonamides is 1. The first-order valence-corrected chi connectivity index (χ1v) is 5.97. The van der Waals surface area contributed by atoms with Crippen molar-refractivity contribution in [2.45, 2.75) is 37.4 Å². The third kappa shape index (κ3) is 3.11. The molecule has 1 aliphatic rings. The van der Waals surface area contributed by atoms with Gasteiger partial charge in [-0.3, -0.25) is 0 Å². The fourth-order valence-electron chi connectivity index (χ4n) is 1.66. The van der Waals surface area contributed by atoms with Crippen molar-refractivity contribution in [3.05, 3.63) is 0 Å². The summed E-state index contributed by atoms with van der Waals surface area (Å²) in [5, 5.41) is -0.110. The number of rotatable bonds is 2. The van der Waals surface area contributed by atoms with Gasteiger partial charge in [0.2, 0.25) is 10.0 Å². The molecule has 0 heterocycles. The fraction of sp³-hybridized carbons (Fsp3) is 1.00. The number of nitrogens with zero attached hydrogens (tertiary/aromatic N) is 1. The lowest BCUT2D eigenvalue weighted by molar-refractivity contribution is 0.450. The highest BCUT2D eigenvalue weighted by molar-refractivity contribution is 7.89. The van der Waals surface area contributed by atoms with Gasteiger partial charge in [0.25, 0.3) is 0 Å². The van der Waals surface area contributed by atoms with Crippen LogP contribution in [0.2, 0.25) is 0 Å².